The van der Waals surface area contributed by atoms with Crippen molar-refractivity contribution in [1.82, 2.24) is 10.6 Å². The highest BCUT2D eigenvalue weighted by atomic mass is 32.1. The number of benzene rings is 1. The minimum atomic E-state index is -0.413. The Labute approximate surface area is 134 Å². The first kappa shape index (κ1) is 16.4. The van der Waals surface area contributed by atoms with Gasteiger partial charge in [-0.25, -0.2) is 0 Å². The fraction of sp³-hybridized carbons (Fsp3) is 0.500. The maximum Gasteiger partial charge on any atom is 0.269 e. The second-order valence-corrected chi connectivity index (χ2v) is 5.41. The summed E-state index contributed by atoms with van der Waals surface area (Å²) in [7, 11) is 0. The first-order chi connectivity index (χ1) is 10.6. The maximum absolute atomic E-state index is 10.5. The fourth-order valence-corrected chi connectivity index (χ4v) is 2.34. The van der Waals surface area contributed by atoms with E-state index in [1.807, 2.05) is 0 Å². The Balaban J connectivity index is 1.57. The summed E-state index contributed by atoms with van der Waals surface area (Å²) in [6.07, 6.45) is 2.46. The van der Waals surface area contributed by atoms with Crippen molar-refractivity contribution in [2.75, 3.05) is 31.6 Å². The van der Waals surface area contributed by atoms with Crippen molar-refractivity contribution in [3.8, 4) is 0 Å². The van der Waals surface area contributed by atoms with Crippen LogP contribution in [0.4, 0.5) is 11.4 Å². The molecule has 1 saturated heterocycles. The van der Waals surface area contributed by atoms with E-state index in [0.717, 1.165) is 31.7 Å². The number of nitrogens with one attached hydrogen (secondary N) is 3. The molecule has 22 heavy (non-hydrogen) atoms. The zero-order valence-electron chi connectivity index (χ0n) is 12.2. The molecule has 0 aliphatic carbocycles. The maximum atomic E-state index is 10.5. The summed E-state index contributed by atoms with van der Waals surface area (Å²) in [5.41, 5.74) is 0.925. The molecule has 1 aromatic rings. The molecule has 2 rings (SSSR count). The van der Waals surface area contributed by atoms with Crippen LogP contribution in [-0.4, -0.2) is 42.4 Å². The Morgan fingerprint density at radius 3 is 2.73 bits per heavy atom. The van der Waals surface area contributed by atoms with Gasteiger partial charge in [0.15, 0.2) is 5.11 Å². The highest BCUT2D eigenvalue weighted by Crippen LogP contribution is 2.14. The number of non-ortho nitro benzene ring substituents is 1. The van der Waals surface area contributed by atoms with Gasteiger partial charge in [0.05, 0.1) is 11.0 Å². The molecule has 8 heteroatoms. The second-order valence-electron chi connectivity index (χ2n) is 5.00. The van der Waals surface area contributed by atoms with Gasteiger partial charge < -0.3 is 20.7 Å². The van der Waals surface area contributed by atoms with E-state index in [-0.39, 0.29) is 11.8 Å². The molecule has 0 spiro atoms. The minimum absolute atomic E-state index is 0.0863. The number of hydrogen-bond donors (Lipinski definition) is 3. The summed E-state index contributed by atoms with van der Waals surface area (Å²) in [4.78, 5) is 10.1. The van der Waals surface area contributed by atoms with Crippen molar-refractivity contribution in [3.05, 3.63) is 34.4 Å². The van der Waals surface area contributed by atoms with Gasteiger partial charge in [0, 0.05) is 44.1 Å². The summed E-state index contributed by atoms with van der Waals surface area (Å²) < 4.78 is 5.50. The molecule has 0 bridgehead atoms. The third-order valence-corrected chi connectivity index (χ3v) is 3.62. The van der Waals surface area contributed by atoms with Gasteiger partial charge in [0.25, 0.3) is 5.69 Å². The molecule has 1 aromatic carbocycles. The largest absolute Gasteiger partial charge is 0.383 e. The lowest BCUT2D eigenvalue weighted by Crippen LogP contribution is -2.41. The normalized spacial score (nSPS) is 17.0. The number of hydrogen-bond acceptors (Lipinski definition) is 5. The zero-order valence-corrected chi connectivity index (χ0v) is 13.0. The minimum Gasteiger partial charge on any atom is -0.383 e. The van der Waals surface area contributed by atoms with Crippen LogP contribution in [0.2, 0.25) is 0 Å². The van der Waals surface area contributed by atoms with Crippen molar-refractivity contribution in [3.63, 3.8) is 0 Å². The van der Waals surface area contributed by atoms with E-state index >= 15 is 0 Å². The number of ether oxygens (including phenoxy) is 1. The SMILES string of the molecule is O=[N+]([O-])c1ccc(NCCNC(=S)NC[C@H]2CCCO2)cc1. The monoisotopic (exact) mass is 324 g/mol. The van der Waals surface area contributed by atoms with E-state index in [1.54, 1.807) is 12.1 Å². The average Bonchev–Trinajstić information content (AvgIpc) is 3.03. The van der Waals surface area contributed by atoms with Crippen LogP contribution in [0.25, 0.3) is 0 Å². The van der Waals surface area contributed by atoms with Gasteiger partial charge in [-0.2, -0.15) is 0 Å². The lowest BCUT2D eigenvalue weighted by Gasteiger charge is -2.14. The van der Waals surface area contributed by atoms with E-state index < -0.39 is 4.92 Å². The van der Waals surface area contributed by atoms with Crippen molar-refractivity contribution < 1.29 is 9.66 Å². The number of thiocarbonyl (C=S) groups is 1. The lowest BCUT2D eigenvalue weighted by atomic mass is 10.2. The van der Waals surface area contributed by atoms with E-state index in [0.29, 0.717) is 18.2 Å². The van der Waals surface area contributed by atoms with Crippen LogP contribution in [0.3, 0.4) is 0 Å². The van der Waals surface area contributed by atoms with Crippen molar-refractivity contribution >= 4 is 28.7 Å². The molecule has 1 aliphatic heterocycles. The van der Waals surface area contributed by atoms with Crippen LogP contribution < -0.4 is 16.0 Å². The standard InChI is InChI=1S/C14H20N4O3S/c19-18(20)12-5-3-11(4-6-12)15-7-8-16-14(22)17-10-13-2-1-9-21-13/h3-6,13,15H,1-2,7-10H2,(H2,16,17,22)/t13-/m1/s1. The summed E-state index contributed by atoms with van der Waals surface area (Å²) >= 11 is 5.18. The first-order valence-corrected chi connectivity index (χ1v) is 7.67. The summed E-state index contributed by atoms with van der Waals surface area (Å²) in [6, 6.07) is 6.32. The van der Waals surface area contributed by atoms with E-state index in [1.165, 1.54) is 12.1 Å². The summed E-state index contributed by atoms with van der Waals surface area (Å²) in [5.74, 6) is 0. The van der Waals surface area contributed by atoms with Gasteiger partial charge in [-0.1, -0.05) is 0 Å². The van der Waals surface area contributed by atoms with Gasteiger partial charge in [0.2, 0.25) is 0 Å². The van der Waals surface area contributed by atoms with Gasteiger partial charge in [-0.05, 0) is 37.2 Å². The molecule has 120 valence electrons. The Bertz CT molecular complexity index is 503. The molecule has 0 radical (unpaired) electrons. The number of nitrogens with zero attached hydrogens (tertiary/aromatic N) is 1. The van der Waals surface area contributed by atoms with E-state index in [9.17, 15) is 10.1 Å². The molecule has 0 saturated carbocycles. The second kappa shape index (κ2) is 8.50. The van der Waals surface area contributed by atoms with Gasteiger partial charge in [0.1, 0.15) is 0 Å². The van der Waals surface area contributed by atoms with E-state index in [2.05, 4.69) is 16.0 Å². The molecule has 0 amide bonds. The number of nitro benzene ring substituents is 1. The molecule has 0 aromatic heterocycles. The molecule has 1 aliphatic rings. The predicted molar refractivity (Wildman–Crippen MR) is 89.2 cm³/mol. The number of anilines is 1. The Hall–Kier alpha value is -1.93. The predicted octanol–water partition coefficient (Wildman–Crippen LogP) is 1.65. The summed E-state index contributed by atoms with van der Waals surface area (Å²) in [6.45, 7) is 2.90. The van der Waals surface area contributed by atoms with E-state index in [4.69, 9.17) is 17.0 Å². The van der Waals surface area contributed by atoms with Crippen molar-refractivity contribution in [2.24, 2.45) is 0 Å². The smallest absolute Gasteiger partial charge is 0.269 e. The third kappa shape index (κ3) is 5.45. The molecule has 1 atom stereocenters. The number of nitro groups is 1. The third-order valence-electron chi connectivity index (χ3n) is 3.33. The Morgan fingerprint density at radius 1 is 1.32 bits per heavy atom. The highest BCUT2D eigenvalue weighted by molar-refractivity contribution is 7.80. The van der Waals surface area contributed by atoms with Gasteiger partial charge >= 0.3 is 0 Å². The van der Waals surface area contributed by atoms with Gasteiger partial charge in [-0.3, -0.25) is 10.1 Å². The lowest BCUT2D eigenvalue weighted by molar-refractivity contribution is -0.384. The Kier molecular flexibility index (Phi) is 6.35. The van der Waals surface area contributed by atoms with Crippen LogP contribution in [0.15, 0.2) is 24.3 Å². The average molecular weight is 324 g/mol. The molecule has 0 unspecified atom stereocenters. The van der Waals surface area contributed by atoms with Gasteiger partial charge in [-0.15, -0.1) is 0 Å². The first-order valence-electron chi connectivity index (χ1n) is 7.27. The number of rotatable bonds is 7. The topological polar surface area (TPSA) is 88.5 Å². The molecule has 1 fully saturated rings. The van der Waals surface area contributed by atoms with Crippen LogP contribution in [0, 0.1) is 10.1 Å². The molecule has 7 nitrogen and oxygen atoms in total. The zero-order chi connectivity index (χ0) is 15.8. The highest BCUT2D eigenvalue weighted by Gasteiger charge is 2.14. The quantitative estimate of drug-likeness (QED) is 0.304. The molecular formula is C14H20N4O3S. The van der Waals surface area contributed by atoms with Crippen molar-refractivity contribution in [1.29, 1.82) is 0 Å². The Morgan fingerprint density at radius 2 is 2.09 bits per heavy atom. The molecule has 1 heterocycles. The van der Waals surface area contributed by atoms with Crippen LogP contribution >= 0.6 is 12.2 Å². The van der Waals surface area contributed by atoms with Crippen molar-refractivity contribution in [2.45, 2.75) is 18.9 Å². The molecule has 3 N–H and O–H groups in total. The van der Waals surface area contributed by atoms with Crippen LogP contribution in [0.5, 0.6) is 0 Å². The van der Waals surface area contributed by atoms with Crippen LogP contribution in [-0.2, 0) is 4.74 Å². The summed E-state index contributed by atoms with van der Waals surface area (Å²) in [5, 5.41) is 20.6. The van der Waals surface area contributed by atoms with Crippen LogP contribution in [0.1, 0.15) is 12.8 Å². The molecular weight excluding hydrogens is 304 g/mol. The fourth-order valence-electron chi connectivity index (χ4n) is 2.16.